The zero-order chi connectivity index (χ0) is 19.9. The van der Waals surface area contributed by atoms with E-state index in [1.807, 2.05) is 31.2 Å². The summed E-state index contributed by atoms with van der Waals surface area (Å²) in [6, 6.07) is 9.68. The van der Waals surface area contributed by atoms with E-state index in [-0.39, 0.29) is 29.9 Å². The molecule has 7 nitrogen and oxygen atoms in total. The highest BCUT2D eigenvalue weighted by atomic mass is 32.2. The second-order valence-electron chi connectivity index (χ2n) is 6.44. The Labute approximate surface area is 168 Å². The van der Waals surface area contributed by atoms with E-state index in [4.69, 9.17) is 9.47 Å². The number of ether oxygens (including phenoxy) is 2. The fourth-order valence-electron chi connectivity index (χ4n) is 3.22. The number of nitrogens with one attached hydrogen (secondary N) is 1. The van der Waals surface area contributed by atoms with Crippen molar-refractivity contribution in [3.05, 3.63) is 40.4 Å². The third kappa shape index (κ3) is 4.86. The highest BCUT2D eigenvalue weighted by molar-refractivity contribution is 8.03. The maximum atomic E-state index is 12.4. The Hall–Kier alpha value is -2.50. The minimum absolute atomic E-state index is 0.0180. The first-order valence-electron chi connectivity index (χ1n) is 9.27. The van der Waals surface area contributed by atoms with E-state index in [0.29, 0.717) is 43.5 Å². The molecule has 1 fully saturated rings. The van der Waals surface area contributed by atoms with Gasteiger partial charge in [0.25, 0.3) is 0 Å². The molecule has 1 N–H and O–H groups in total. The molecule has 1 saturated heterocycles. The lowest BCUT2D eigenvalue weighted by Gasteiger charge is -2.28. The first-order chi connectivity index (χ1) is 13.6. The van der Waals surface area contributed by atoms with Crippen molar-refractivity contribution < 1.29 is 19.1 Å². The molecule has 0 saturated carbocycles. The van der Waals surface area contributed by atoms with Crippen molar-refractivity contribution in [1.82, 2.24) is 10.2 Å². The van der Waals surface area contributed by atoms with Crippen molar-refractivity contribution in [3.8, 4) is 11.8 Å². The highest BCUT2D eigenvalue weighted by Crippen LogP contribution is 2.36. The molecular formula is C20H23N3O4S. The molecule has 0 radical (unpaired) electrons. The van der Waals surface area contributed by atoms with Gasteiger partial charge in [0.15, 0.2) is 0 Å². The Kier molecular flexibility index (Phi) is 6.95. The number of hydrogen-bond donors (Lipinski definition) is 1. The van der Waals surface area contributed by atoms with Crippen LogP contribution in [0.5, 0.6) is 5.75 Å². The summed E-state index contributed by atoms with van der Waals surface area (Å²) in [5.41, 5.74) is 1.37. The van der Waals surface area contributed by atoms with Crippen LogP contribution in [0.15, 0.2) is 34.9 Å². The van der Waals surface area contributed by atoms with Crippen LogP contribution in [0.1, 0.15) is 24.8 Å². The first kappa shape index (κ1) is 20.2. The summed E-state index contributed by atoms with van der Waals surface area (Å²) in [5.74, 6) is 0.432. The van der Waals surface area contributed by atoms with Gasteiger partial charge in [-0.1, -0.05) is 23.9 Å². The predicted molar refractivity (Wildman–Crippen MR) is 106 cm³/mol. The van der Waals surface area contributed by atoms with Crippen LogP contribution in [0, 0.1) is 11.3 Å². The molecule has 148 valence electrons. The smallest absolute Gasteiger partial charge is 0.233 e. The summed E-state index contributed by atoms with van der Waals surface area (Å²) in [6.07, 6.45) is 0.207. The normalized spacial score (nSPS) is 19.8. The van der Waals surface area contributed by atoms with Crippen LogP contribution in [0.3, 0.4) is 0 Å². The number of hydrogen-bond acceptors (Lipinski definition) is 6. The van der Waals surface area contributed by atoms with E-state index in [9.17, 15) is 14.9 Å². The quantitative estimate of drug-likeness (QED) is 0.784. The number of benzene rings is 1. The summed E-state index contributed by atoms with van der Waals surface area (Å²) in [5, 5.41) is 13.0. The maximum absolute atomic E-state index is 12.4. The van der Waals surface area contributed by atoms with Crippen LogP contribution in [-0.2, 0) is 14.3 Å². The molecule has 2 aliphatic heterocycles. The van der Waals surface area contributed by atoms with Gasteiger partial charge < -0.3 is 19.7 Å². The number of nitrogens with zero attached hydrogens (tertiary/aromatic N) is 2. The highest BCUT2D eigenvalue weighted by Gasteiger charge is 2.30. The van der Waals surface area contributed by atoms with Gasteiger partial charge in [0.1, 0.15) is 5.75 Å². The standard InChI is InChI=1S/C20H23N3O4S/c1-2-27-15-5-3-14(4-6-15)16-11-18(24)22-20(17(16)12-21)28-13-19(25)23-7-9-26-10-8-23/h3-6,16H,2,7-11,13H2,1H3,(H,22,24)/t16-/m1/s1. The lowest BCUT2D eigenvalue weighted by atomic mass is 9.87. The third-order valence-electron chi connectivity index (χ3n) is 4.65. The average Bonchev–Trinajstić information content (AvgIpc) is 2.73. The second-order valence-corrected chi connectivity index (χ2v) is 7.43. The Morgan fingerprint density at radius 1 is 1.36 bits per heavy atom. The van der Waals surface area contributed by atoms with Crippen molar-refractivity contribution in [2.75, 3.05) is 38.7 Å². The van der Waals surface area contributed by atoms with Gasteiger partial charge in [0.05, 0.1) is 42.2 Å². The third-order valence-corrected chi connectivity index (χ3v) is 5.66. The van der Waals surface area contributed by atoms with Crippen LogP contribution in [0.2, 0.25) is 0 Å². The van der Waals surface area contributed by atoms with Crippen LogP contribution in [0.4, 0.5) is 0 Å². The van der Waals surface area contributed by atoms with E-state index in [1.165, 1.54) is 11.8 Å². The second kappa shape index (κ2) is 9.62. The van der Waals surface area contributed by atoms with Gasteiger partial charge in [-0.2, -0.15) is 5.26 Å². The van der Waals surface area contributed by atoms with Gasteiger partial charge in [-0.15, -0.1) is 0 Å². The number of amides is 2. The molecule has 2 amide bonds. The molecule has 1 aromatic rings. The zero-order valence-corrected chi connectivity index (χ0v) is 16.6. The molecule has 2 heterocycles. The van der Waals surface area contributed by atoms with Gasteiger partial charge >= 0.3 is 0 Å². The molecule has 0 aliphatic carbocycles. The van der Waals surface area contributed by atoms with Crippen molar-refractivity contribution in [3.63, 3.8) is 0 Å². The minimum Gasteiger partial charge on any atom is -0.494 e. The first-order valence-corrected chi connectivity index (χ1v) is 10.3. The van der Waals surface area contributed by atoms with Crippen molar-refractivity contribution in [1.29, 1.82) is 5.26 Å². The van der Waals surface area contributed by atoms with Gasteiger partial charge in [0.2, 0.25) is 11.8 Å². The van der Waals surface area contributed by atoms with Gasteiger partial charge in [-0.25, -0.2) is 0 Å². The number of thioether (sulfide) groups is 1. The summed E-state index contributed by atoms with van der Waals surface area (Å²) in [6.45, 7) is 4.72. The lowest BCUT2D eigenvalue weighted by Crippen LogP contribution is -2.42. The van der Waals surface area contributed by atoms with Crippen LogP contribution < -0.4 is 10.1 Å². The number of morpholine rings is 1. The molecule has 0 aromatic heterocycles. The SMILES string of the molecule is CCOc1ccc([C@H]2CC(=O)NC(SCC(=O)N3CCOCC3)=C2C#N)cc1. The molecule has 0 unspecified atom stereocenters. The zero-order valence-electron chi connectivity index (χ0n) is 15.8. The lowest BCUT2D eigenvalue weighted by molar-refractivity contribution is -0.132. The molecule has 1 atom stereocenters. The predicted octanol–water partition coefficient (Wildman–Crippen LogP) is 2.02. The molecule has 3 rings (SSSR count). The van der Waals surface area contributed by atoms with Crippen LogP contribution in [-0.4, -0.2) is 55.4 Å². The average molecular weight is 401 g/mol. The fourth-order valence-corrected chi connectivity index (χ4v) is 4.20. The monoisotopic (exact) mass is 401 g/mol. The van der Waals surface area contributed by atoms with Crippen LogP contribution in [0.25, 0.3) is 0 Å². The number of carbonyl (C=O) groups excluding carboxylic acids is 2. The molecular weight excluding hydrogens is 378 g/mol. The van der Waals surface area contributed by atoms with Gasteiger partial charge in [0, 0.05) is 25.4 Å². The Morgan fingerprint density at radius 2 is 2.07 bits per heavy atom. The van der Waals surface area contributed by atoms with Crippen molar-refractivity contribution in [2.45, 2.75) is 19.3 Å². The number of nitriles is 1. The van der Waals surface area contributed by atoms with E-state index in [0.717, 1.165) is 11.3 Å². The summed E-state index contributed by atoms with van der Waals surface area (Å²) in [4.78, 5) is 26.4. The Balaban J connectivity index is 1.75. The molecule has 2 aliphatic rings. The Morgan fingerprint density at radius 3 is 2.71 bits per heavy atom. The molecule has 0 spiro atoms. The maximum Gasteiger partial charge on any atom is 0.233 e. The van der Waals surface area contributed by atoms with E-state index in [2.05, 4.69) is 11.4 Å². The van der Waals surface area contributed by atoms with Gasteiger partial charge in [-0.3, -0.25) is 9.59 Å². The summed E-state index contributed by atoms with van der Waals surface area (Å²) < 4.78 is 10.7. The van der Waals surface area contributed by atoms with Crippen molar-refractivity contribution in [2.24, 2.45) is 0 Å². The fraction of sp³-hybridized carbons (Fsp3) is 0.450. The summed E-state index contributed by atoms with van der Waals surface area (Å²) >= 11 is 1.21. The molecule has 8 heteroatoms. The minimum atomic E-state index is -0.324. The number of allylic oxidation sites excluding steroid dienone is 1. The van der Waals surface area contributed by atoms with E-state index < -0.39 is 0 Å². The van der Waals surface area contributed by atoms with Gasteiger partial charge in [-0.05, 0) is 24.6 Å². The molecule has 28 heavy (non-hydrogen) atoms. The molecule has 0 bridgehead atoms. The van der Waals surface area contributed by atoms with Crippen molar-refractivity contribution >= 4 is 23.6 Å². The molecule has 1 aromatic carbocycles. The number of carbonyl (C=O) groups is 2. The van der Waals surface area contributed by atoms with E-state index >= 15 is 0 Å². The van der Waals surface area contributed by atoms with Crippen LogP contribution >= 0.6 is 11.8 Å². The summed E-state index contributed by atoms with van der Waals surface area (Å²) in [7, 11) is 0. The topological polar surface area (TPSA) is 91.7 Å². The number of rotatable bonds is 6. The van der Waals surface area contributed by atoms with E-state index in [1.54, 1.807) is 4.90 Å². The largest absolute Gasteiger partial charge is 0.494 e. The Bertz CT molecular complexity index is 795.